The van der Waals surface area contributed by atoms with Crippen LogP contribution in [0.1, 0.15) is 15.9 Å². The van der Waals surface area contributed by atoms with Crippen molar-refractivity contribution >= 4 is 17.9 Å². The van der Waals surface area contributed by atoms with Crippen LogP contribution in [0.5, 0.6) is 17.2 Å². The molecular weight excluding hydrogens is 292 g/mol. The number of halogens is 1. The molecule has 2 aromatic rings. The highest BCUT2D eigenvalue weighted by molar-refractivity contribution is 6.30. The first kappa shape index (κ1) is 15.2. The fourth-order valence-electron chi connectivity index (χ4n) is 1.89. The molecule has 21 heavy (non-hydrogen) atoms. The second-order valence-corrected chi connectivity index (χ2v) is 4.71. The van der Waals surface area contributed by atoms with Crippen LogP contribution in [0.4, 0.5) is 0 Å². The van der Waals surface area contributed by atoms with Gasteiger partial charge in [0, 0.05) is 16.1 Å². The average Bonchev–Trinajstić information content (AvgIpc) is 2.52. The van der Waals surface area contributed by atoms with Gasteiger partial charge in [-0.15, -0.1) is 0 Å². The summed E-state index contributed by atoms with van der Waals surface area (Å²) in [5.74, 6) is 1.74. The van der Waals surface area contributed by atoms with E-state index in [0.29, 0.717) is 27.8 Å². The monoisotopic (exact) mass is 306 g/mol. The van der Waals surface area contributed by atoms with Crippen LogP contribution in [-0.4, -0.2) is 20.5 Å². The molecule has 110 valence electrons. The summed E-state index contributed by atoms with van der Waals surface area (Å²) in [4.78, 5) is 10.8. The van der Waals surface area contributed by atoms with Crippen LogP contribution in [0, 0.1) is 0 Å². The summed E-state index contributed by atoms with van der Waals surface area (Å²) in [6, 6.07) is 10.3. The molecule has 0 aliphatic carbocycles. The van der Waals surface area contributed by atoms with Crippen molar-refractivity contribution in [3.05, 3.63) is 52.5 Å². The summed E-state index contributed by atoms with van der Waals surface area (Å²) in [6.07, 6.45) is 0.756. The minimum Gasteiger partial charge on any atom is -0.496 e. The lowest BCUT2D eigenvalue weighted by Crippen LogP contribution is -2.00. The molecule has 2 aromatic carbocycles. The van der Waals surface area contributed by atoms with E-state index >= 15 is 0 Å². The van der Waals surface area contributed by atoms with E-state index in [1.165, 1.54) is 7.11 Å². The van der Waals surface area contributed by atoms with Crippen LogP contribution >= 0.6 is 11.6 Å². The van der Waals surface area contributed by atoms with Crippen molar-refractivity contribution in [2.75, 3.05) is 14.2 Å². The zero-order valence-electron chi connectivity index (χ0n) is 11.8. The number of aldehydes is 1. The van der Waals surface area contributed by atoms with Crippen molar-refractivity contribution in [2.24, 2.45) is 0 Å². The Morgan fingerprint density at radius 1 is 1.00 bits per heavy atom. The number of hydrogen-bond donors (Lipinski definition) is 0. The van der Waals surface area contributed by atoms with Gasteiger partial charge in [-0.1, -0.05) is 11.6 Å². The summed E-state index contributed by atoms with van der Waals surface area (Å²) < 4.78 is 16.2. The number of benzene rings is 2. The van der Waals surface area contributed by atoms with E-state index in [1.807, 2.05) is 0 Å². The molecule has 0 radical (unpaired) electrons. The second kappa shape index (κ2) is 6.99. The predicted octanol–water partition coefficient (Wildman–Crippen LogP) is 3.75. The minimum atomic E-state index is 0.278. The van der Waals surface area contributed by atoms with Gasteiger partial charge in [-0.05, 0) is 36.4 Å². The van der Waals surface area contributed by atoms with Crippen molar-refractivity contribution < 1.29 is 19.0 Å². The Labute approximate surface area is 128 Å². The molecule has 4 nitrogen and oxygen atoms in total. The fourth-order valence-corrected chi connectivity index (χ4v) is 2.09. The molecule has 0 N–H and O–H groups in total. The van der Waals surface area contributed by atoms with Crippen molar-refractivity contribution in [2.45, 2.75) is 6.61 Å². The SMILES string of the molecule is COc1ccc(Cl)cc1COc1ccc(C=O)cc1OC. The molecule has 0 fully saturated rings. The molecule has 0 spiro atoms. The third-order valence-electron chi connectivity index (χ3n) is 2.95. The van der Waals surface area contributed by atoms with E-state index in [2.05, 4.69) is 0 Å². The van der Waals surface area contributed by atoms with Gasteiger partial charge in [-0.2, -0.15) is 0 Å². The van der Waals surface area contributed by atoms with Crippen molar-refractivity contribution in [3.8, 4) is 17.2 Å². The molecule has 0 unspecified atom stereocenters. The Kier molecular flexibility index (Phi) is 5.06. The number of methoxy groups -OCH3 is 2. The number of carbonyl (C=O) groups is 1. The van der Waals surface area contributed by atoms with Crippen LogP contribution in [0.3, 0.4) is 0 Å². The zero-order valence-corrected chi connectivity index (χ0v) is 12.5. The Hall–Kier alpha value is -2.20. The molecule has 0 aromatic heterocycles. The van der Waals surface area contributed by atoms with Crippen LogP contribution in [0.15, 0.2) is 36.4 Å². The van der Waals surface area contributed by atoms with E-state index in [0.717, 1.165) is 11.8 Å². The summed E-state index contributed by atoms with van der Waals surface area (Å²) in [5.41, 5.74) is 1.35. The van der Waals surface area contributed by atoms with E-state index in [-0.39, 0.29) is 6.61 Å². The maximum Gasteiger partial charge on any atom is 0.161 e. The van der Waals surface area contributed by atoms with Gasteiger partial charge in [0.2, 0.25) is 0 Å². The lowest BCUT2D eigenvalue weighted by molar-refractivity contribution is 0.112. The molecule has 0 atom stereocenters. The summed E-state index contributed by atoms with van der Waals surface area (Å²) in [6.45, 7) is 0.278. The van der Waals surface area contributed by atoms with Gasteiger partial charge in [0.1, 0.15) is 18.6 Å². The van der Waals surface area contributed by atoms with Gasteiger partial charge in [0.25, 0.3) is 0 Å². The number of carbonyl (C=O) groups excluding carboxylic acids is 1. The van der Waals surface area contributed by atoms with Crippen molar-refractivity contribution in [3.63, 3.8) is 0 Å². The van der Waals surface area contributed by atoms with Gasteiger partial charge < -0.3 is 14.2 Å². The zero-order chi connectivity index (χ0) is 15.2. The third kappa shape index (κ3) is 3.67. The molecule has 0 amide bonds. The van der Waals surface area contributed by atoms with Crippen LogP contribution in [-0.2, 0) is 6.61 Å². The molecular formula is C16H15ClO4. The highest BCUT2D eigenvalue weighted by Gasteiger charge is 2.09. The minimum absolute atomic E-state index is 0.278. The van der Waals surface area contributed by atoms with E-state index in [9.17, 15) is 4.79 Å². The summed E-state index contributed by atoms with van der Waals surface area (Å²) in [7, 11) is 3.11. The molecule has 5 heteroatoms. The van der Waals surface area contributed by atoms with E-state index < -0.39 is 0 Å². The predicted molar refractivity (Wildman–Crippen MR) is 80.7 cm³/mol. The van der Waals surface area contributed by atoms with Gasteiger partial charge in [-0.25, -0.2) is 0 Å². The first-order chi connectivity index (χ1) is 10.2. The largest absolute Gasteiger partial charge is 0.496 e. The highest BCUT2D eigenvalue weighted by atomic mass is 35.5. The first-order valence-electron chi connectivity index (χ1n) is 6.26. The summed E-state index contributed by atoms with van der Waals surface area (Å²) >= 11 is 5.98. The van der Waals surface area contributed by atoms with Crippen LogP contribution < -0.4 is 14.2 Å². The van der Waals surface area contributed by atoms with Gasteiger partial charge in [0.15, 0.2) is 11.5 Å². The molecule has 0 saturated carbocycles. The number of rotatable bonds is 6. The standard InChI is InChI=1S/C16H15ClO4/c1-19-14-6-4-13(17)8-12(14)10-21-15-5-3-11(9-18)7-16(15)20-2/h3-9H,10H2,1-2H3. The Morgan fingerprint density at radius 2 is 1.71 bits per heavy atom. The average molecular weight is 307 g/mol. The lowest BCUT2D eigenvalue weighted by Gasteiger charge is -2.13. The smallest absolute Gasteiger partial charge is 0.161 e. The molecule has 0 bridgehead atoms. The van der Waals surface area contributed by atoms with Crippen LogP contribution in [0.25, 0.3) is 0 Å². The van der Waals surface area contributed by atoms with E-state index in [4.69, 9.17) is 25.8 Å². The quantitative estimate of drug-likeness (QED) is 0.762. The lowest BCUT2D eigenvalue weighted by atomic mass is 10.2. The molecule has 0 heterocycles. The maximum atomic E-state index is 10.8. The highest BCUT2D eigenvalue weighted by Crippen LogP contribution is 2.30. The van der Waals surface area contributed by atoms with Gasteiger partial charge in [-0.3, -0.25) is 4.79 Å². The number of ether oxygens (including phenoxy) is 3. The Morgan fingerprint density at radius 3 is 2.38 bits per heavy atom. The Bertz CT molecular complexity index is 640. The van der Waals surface area contributed by atoms with Crippen LogP contribution in [0.2, 0.25) is 5.02 Å². The maximum absolute atomic E-state index is 10.8. The third-order valence-corrected chi connectivity index (χ3v) is 3.18. The fraction of sp³-hybridized carbons (Fsp3) is 0.188. The van der Waals surface area contributed by atoms with Crippen molar-refractivity contribution in [1.29, 1.82) is 0 Å². The topological polar surface area (TPSA) is 44.8 Å². The van der Waals surface area contributed by atoms with Gasteiger partial charge >= 0.3 is 0 Å². The van der Waals surface area contributed by atoms with Gasteiger partial charge in [0.05, 0.1) is 14.2 Å². The molecule has 2 rings (SSSR count). The molecule has 0 aliphatic heterocycles. The summed E-state index contributed by atoms with van der Waals surface area (Å²) in [5, 5.41) is 0.609. The van der Waals surface area contributed by atoms with Crippen molar-refractivity contribution in [1.82, 2.24) is 0 Å². The number of hydrogen-bond acceptors (Lipinski definition) is 4. The normalized spacial score (nSPS) is 10.0. The second-order valence-electron chi connectivity index (χ2n) is 4.27. The Balaban J connectivity index is 2.20. The molecule has 0 saturated heterocycles. The molecule has 0 aliphatic rings. The van der Waals surface area contributed by atoms with E-state index in [1.54, 1.807) is 43.5 Å². The first-order valence-corrected chi connectivity index (χ1v) is 6.64.